The van der Waals surface area contributed by atoms with Crippen LogP contribution in [0.1, 0.15) is 62.1 Å². The molecule has 1 aromatic carbocycles. The van der Waals surface area contributed by atoms with Gasteiger partial charge in [0.25, 0.3) is 5.91 Å². The largest absolute Gasteiger partial charge is 0.573 e. The second-order valence-corrected chi connectivity index (χ2v) is 11.7. The van der Waals surface area contributed by atoms with E-state index >= 15 is 0 Å². The van der Waals surface area contributed by atoms with E-state index in [2.05, 4.69) is 31.6 Å². The van der Waals surface area contributed by atoms with Crippen molar-refractivity contribution in [2.24, 2.45) is 0 Å². The first-order valence-electron chi connectivity index (χ1n) is 13.0. The van der Waals surface area contributed by atoms with Crippen molar-refractivity contribution < 1.29 is 37.0 Å². The molecule has 0 radical (unpaired) electrons. The fourth-order valence-electron chi connectivity index (χ4n) is 4.47. The molecule has 226 valence electrons. The number of hydrogen-bond donors (Lipinski definition) is 2. The molecular formula is C26H29ClF3N7O5. The van der Waals surface area contributed by atoms with Gasteiger partial charge in [-0.05, 0) is 57.7 Å². The van der Waals surface area contributed by atoms with E-state index in [-0.39, 0.29) is 35.3 Å². The summed E-state index contributed by atoms with van der Waals surface area (Å²) in [5, 5.41) is 23.1. The van der Waals surface area contributed by atoms with Crippen LogP contribution in [-0.2, 0) is 16.0 Å². The van der Waals surface area contributed by atoms with Gasteiger partial charge >= 0.3 is 12.5 Å². The maximum Gasteiger partial charge on any atom is 0.573 e. The summed E-state index contributed by atoms with van der Waals surface area (Å²) in [4.78, 5) is 41.0. The highest BCUT2D eigenvalue weighted by Gasteiger charge is 2.50. The molecule has 16 heteroatoms. The highest BCUT2D eigenvalue weighted by molar-refractivity contribution is 6.32. The van der Waals surface area contributed by atoms with Crippen LogP contribution in [0.4, 0.5) is 18.0 Å². The van der Waals surface area contributed by atoms with Gasteiger partial charge in [-0.2, -0.15) is 15.2 Å². The predicted octanol–water partition coefficient (Wildman–Crippen LogP) is 3.53. The first-order chi connectivity index (χ1) is 19.5. The number of nitrogens with one attached hydrogen (secondary N) is 2. The Kier molecular flexibility index (Phi) is 8.43. The van der Waals surface area contributed by atoms with Gasteiger partial charge < -0.3 is 19.7 Å². The number of nitrogens with zero attached hydrogens (tertiary/aromatic N) is 5. The van der Waals surface area contributed by atoms with E-state index in [4.69, 9.17) is 16.3 Å². The van der Waals surface area contributed by atoms with Crippen LogP contribution in [0.15, 0.2) is 24.4 Å². The van der Waals surface area contributed by atoms with Gasteiger partial charge in [-0.3, -0.25) is 14.9 Å². The molecule has 2 aromatic rings. The molecule has 2 N–H and O–H groups in total. The van der Waals surface area contributed by atoms with E-state index in [0.29, 0.717) is 32.1 Å². The molecular weight excluding hydrogens is 583 g/mol. The molecule has 2 fully saturated rings. The van der Waals surface area contributed by atoms with Crippen molar-refractivity contribution in [2.45, 2.75) is 75.7 Å². The smallest absolute Gasteiger partial charge is 0.444 e. The van der Waals surface area contributed by atoms with E-state index in [1.165, 1.54) is 28.0 Å². The third-order valence-corrected chi connectivity index (χ3v) is 6.85. The van der Waals surface area contributed by atoms with E-state index in [9.17, 15) is 32.8 Å². The number of carbonyl (C=O) groups excluding carboxylic acids is 3. The Labute approximate surface area is 244 Å². The minimum atomic E-state index is -4.96. The summed E-state index contributed by atoms with van der Waals surface area (Å²) < 4.78 is 47.2. The summed E-state index contributed by atoms with van der Waals surface area (Å²) in [6.45, 7) is 5.97. The van der Waals surface area contributed by atoms with Gasteiger partial charge in [0.1, 0.15) is 16.9 Å². The van der Waals surface area contributed by atoms with Gasteiger partial charge in [0, 0.05) is 19.5 Å². The molecule has 1 saturated heterocycles. The number of aromatic nitrogens is 3. The Balaban J connectivity index is 1.50. The van der Waals surface area contributed by atoms with Crippen molar-refractivity contribution >= 4 is 29.9 Å². The molecule has 12 nitrogen and oxygen atoms in total. The number of alkyl halides is 3. The van der Waals surface area contributed by atoms with Crippen molar-refractivity contribution in [1.82, 2.24) is 30.5 Å². The molecule has 4 rings (SSSR count). The third-order valence-electron chi connectivity index (χ3n) is 6.55. The van der Waals surface area contributed by atoms with E-state index in [0.717, 1.165) is 6.07 Å². The number of nitriles is 1. The summed E-state index contributed by atoms with van der Waals surface area (Å²) in [6.07, 6.45) is -2.72. The molecule has 2 heterocycles. The summed E-state index contributed by atoms with van der Waals surface area (Å²) in [5.74, 6) is -1.43. The molecule has 2 atom stereocenters. The Bertz CT molecular complexity index is 1400. The monoisotopic (exact) mass is 611 g/mol. The zero-order valence-electron chi connectivity index (χ0n) is 23.0. The van der Waals surface area contributed by atoms with Gasteiger partial charge in [0.15, 0.2) is 17.6 Å². The number of benzene rings is 1. The lowest BCUT2D eigenvalue weighted by molar-refractivity contribution is -0.274. The summed E-state index contributed by atoms with van der Waals surface area (Å²) in [5.41, 5.74) is -3.43. The van der Waals surface area contributed by atoms with Crippen molar-refractivity contribution in [3.8, 4) is 11.8 Å². The zero-order valence-corrected chi connectivity index (χ0v) is 23.8. The number of ether oxygens (including phenoxy) is 2. The second kappa shape index (κ2) is 11.4. The quantitative estimate of drug-likeness (QED) is 0.320. The maximum absolute atomic E-state index is 13.3. The SMILES string of the molecule is CC(C)(C)OC(=O)N1CCC(n2ncc(C(=O)N[C@](C=O)(Cc3ccc(OC(F)(F)F)c(Cl)c3)NC3(C#N)CC3)n2)C1. The molecule has 2 amide bonds. The third kappa shape index (κ3) is 7.68. The van der Waals surface area contributed by atoms with Crippen LogP contribution in [0.3, 0.4) is 0 Å². The van der Waals surface area contributed by atoms with Crippen LogP contribution >= 0.6 is 11.6 Å². The molecule has 2 aliphatic rings. The van der Waals surface area contributed by atoms with Gasteiger partial charge in [-0.1, -0.05) is 17.7 Å². The lowest BCUT2D eigenvalue weighted by Gasteiger charge is -2.32. The molecule has 1 aliphatic carbocycles. The van der Waals surface area contributed by atoms with Gasteiger partial charge in [0.2, 0.25) is 0 Å². The lowest BCUT2D eigenvalue weighted by atomic mass is 9.98. The minimum absolute atomic E-state index is 0.132. The van der Waals surface area contributed by atoms with Gasteiger partial charge in [-0.15, -0.1) is 18.3 Å². The average Bonchev–Trinajstić information content (AvgIpc) is 3.27. The zero-order chi connectivity index (χ0) is 30.9. The Hall–Kier alpha value is -3.90. The molecule has 0 bridgehead atoms. The van der Waals surface area contributed by atoms with Crippen LogP contribution in [0.25, 0.3) is 0 Å². The Morgan fingerprint density at radius 1 is 1.29 bits per heavy atom. The Morgan fingerprint density at radius 3 is 2.57 bits per heavy atom. The molecule has 1 aromatic heterocycles. The highest BCUT2D eigenvalue weighted by atomic mass is 35.5. The molecule has 1 saturated carbocycles. The van der Waals surface area contributed by atoms with Crippen molar-refractivity contribution in [2.75, 3.05) is 13.1 Å². The first kappa shape index (κ1) is 31.0. The van der Waals surface area contributed by atoms with E-state index in [1.54, 1.807) is 20.8 Å². The number of likely N-dealkylation sites (tertiary alicyclic amines) is 1. The van der Waals surface area contributed by atoms with Crippen LogP contribution < -0.4 is 15.4 Å². The fraction of sp³-hybridized carbons (Fsp3) is 0.538. The average molecular weight is 612 g/mol. The maximum atomic E-state index is 13.3. The van der Waals surface area contributed by atoms with Crippen molar-refractivity contribution in [1.29, 1.82) is 5.26 Å². The van der Waals surface area contributed by atoms with E-state index < -0.39 is 40.9 Å². The van der Waals surface area contributed by atoms with Crippen LogP contribution in [-0.4, -0.2) is 74.4 Å². The fourth-order valence-corrected chi connectivity index (χ4v) is 4.71. The number of hydrogen-bond acceptors (Lipinski definition) is 9. The van der Waals surface area contributed by atoms with Crippen molar-refractivity contribution in [3.63, 3.8) is 0 Å². The standard InChI is InChI=1S/C26H29ClF3N7O5/c1-23(2,3)42-22(40)36-9-6-17(13-36)37-32-12-19(34-37)21(39)33-25(15-38,35-24(14-31)7-8-24)11-16-4-5-20(18(27)10-16)41-26(28,29)30/h4-5,10,12,15,17,35H,6-9,11,13H2,1-3H3,(H,33,39)/t17?,25-/m1/s1. The predicted molar refractivity (Wildman–Crippen MR) is 140 cm³/mol. The van der Waals surface area contributed by atoms with Crippen molar-refractivity contribution in [3.05, 3.63) is 40.7 Å². The summed E-state index contributed by atoms with van der Waals surface area (Å²) in [6, 6.07) is 5.20. The minimum Gasteiger partial charge on any atom is -0.444 e. The van der Waals surface area contributed by atoms with E-state index in [1.807, 2.05) is 0 Å². The molecule has 1 aliphatic heterocycles. The van der Waals surface area contributed by atoms with Crippen LogP contribution in [0, 0.1) is 11.3 Å². The molecule has 1 unspecified atom stereocenters. The summed E-state index contributed by atoms with van der Waals surface area (Å²) in [7, 11) is 0. The number of amides is 2. The normalized spacial score (nSPS) is 19.4. The topological polar surface area (TPSA) is 151 Å². The van der Waals surface area contributed by atoms with Crippen LogP contribution in [0.2, 0.25) is 5.02 Å². The van der Waals surface area contributed by atoms with Crippen LogP contribution in [0.5, 0.6) is 5.75 Å². The highest BCUT2D eigenvalue weighted by Crippen LogP contribution is 2.37. The Morgan fingerprint density at radius 2 is 2.00 bits per heavy atom. The van der Waals surface area contributed by atoms with Gasteiger partial charge in [-0.25, -0.2) is 4.79 Å². The molecule has 42 heavy (non-hydrogen) atoms. The van der Waals surface area contributed by atoms with Gasteiger partial charge in [0.05, 0.1) is 23.3 Å². The number of halogens is 4. The second-order valence-electron chi connectivity index (χ2n) is 11.3. The number of rotatable bonds is 9. The summed E-state index contributed by atoms with van der Waals surface area (Å²) >= 11 is 5.98. The lowest BCUT2D eigenvalue weighted by Crippen LogP contribution is -2.65. The first-order valence-corrected chi connectivity index (χ1v) is 13.4. The number of aldehydes is 1. The number of carbonyl (C=O) groups is 3. The molecule has 0 spiro atoms.